The molecule has 2 N–H and O–H groups in total. The number of carbonyl (C=O) groups excluding carboxylic acids is 2. The molecule has 2 aliphatic rings. The Labute approximate surface area is 176 Å². The number of nitrogens with one attached hydrogen (secondary N) is 1. The van der Waals surface area contributed by atoms with Crippen LogP contribution in [-0.4, -0.2) is 79.5 Å². The zero-order valence-electron chi connectivity index (χ0n) is 17.5. The maximum Gasteiger partial charge on any atom is 0.317 e. The van der Waals surface area contributed by atoms with Crippen LogP contribution in [0.4, 0.5) is 4.79 Å². The molecule has 0 spiro atoms. The lowest BCUT2D eigenvalue weighted by Gasteiger charge is -2.19. The number of hydrogen-bond acceptors (Lipinski definition) is 7. The molecule has 2 amide bonds. The van der Waals surface area contributed by atoms with Crippen LogP contribution in [0.25, 0.3) is 0 Å². The highest BCUT2D eigenvalue weighted by molar-refractivity contribution is 5.76. The minimum absolute atomic E-state index is 0.0964. The number of benzene rings is 1. The normalized spacial score (nSPS) is 21.4. The fourth-order valence-electron chi connectivity index (χ4n) is 3.29. The van der Waals surface area contributed by atoms with Crippen LogP contribution < -0.4 is 10.1 Å². The Balaban J connectivity index is 1.32. The summed E-state index contributed by atoms with van der Waals surface area (Å²) in [7, 11) is 0. The molecule has 2 saturated heterocycles. The van der Waals surface area contributed by atoms with Crippen molar-refractivity contribution in [1.82, 2.24) is 10.2 Å². The number of nitrogens with zero attached hydrogens (tertiary/aromatic N) is 1. The molecular weight excluding hydrogens is 392 g/mol. The highest BCUT2D eigenvalue weighted by atomic mass is 16.7. The first kappa shape index (κ1) is 22.3. The summed E-state index contributed by atoms with van der Waals surface area (Å²) < 4.78 is 21.9. The second kappa shape index (κ2) is 10.1. The maximum atomic E-state index is 11.9. The van der Waals surface area contributed by atoms with Crippen LogP contribution in [0.5, 0.6) is 5.75 Å². The Morgan fingerprint density at radius 3 is 2.77 bits per heavy atom. The number of ether oxygens (including phenoxy) is 4. The van der Waals surface area contributed by atoms with Crippen LogP contribution in [0.2, 0.25) is 0 Å². The van der Waals surface area contributed by atoms with Crippen LogP contribution >= 0.6 is 0 Å². The van der Waals surface area contributed by atoms with Crippen LogP contribution in [0, 0.1) is 0 Å². The Hall–Kier alpha value is -2.36. The molecular formula is C21H30N2O7. The first-order valence-electron chi connectivity index (χ1n) is 10.2. The van der Waals surface area contributed by atoms with E-state index < -0.39 is 11.9 Å². The number of amides is 2. The molecule has 166 valence electrons. The van der Waals surface area contributed by atoms with Gasteiger partial charge in [0.2, 0.25) is 0 Å². The Bertz CT molecular complexity index is 723. The Morgan fingerprint density at radius 1 is 1.37 bits per heavy atom. The van der Waals surface area contributed by atoms with Crippen LogP contribution in [-0.2, 0) is 25.4 Å². The van der Waals surface area contributed by atoms with E-state index in [2.05, 4.69) is 5.32 Å². The number of esters is 1. The number of aryl methyl sites for hydroxylation is 1. The van der Waals surface area contributed by atoms with Crippen molar-refractivity contribution in [1.29, 1.82) is 0 Å². The summed E-state index contributed by atoms with van der Waals surface area (Å²) in [6.07, 6.45) is -0.161. The lowest BCUT2D eigenvalue weighted by Crippen LogP contribution is -2.37. The number of aliphatic hydroxyl groups excluding tert-OH is 1. The van der Waals surface area contributed by atoms with E-state index in [0.29, 0.717) is 31.9 Å². The lowest BCUT2D eigenvalue weighted by atomic mass is 10.1. The van der Waals surface area contributed by atoms with Crippen molar-refractivity contribution in [3.8, 4) is 5.75 Å². The summed E-state index contributed by atoms with van der Waals surface area (Å²) in [4.78, 5) is 25.0. The van der Waals surface area contributed by atoms with Crippen molar-refractivity contribution < 1.29 is 33.6 Å². The molecule has 2 heterocycles. The van der Waals surface area contributed by atoms with Gasteiger partial charge in [-0.3, -0.25) is 4.79 Å². The van der Waals surface area contributed by atoms with Crippen LogP contribution in [0.3, 0.4) is 0 Å². The largest absolute Gasteiger partial charge is 0.491 e. The lowest BCUT2D eigenvalue weighted by molar-refractivity contribution is -0.158. The van der Waals surface area contributed by atoms with Gasteiger partial charge in [0.05, 0.1) is 13.2 Å². The molecule has 9 heteroatoms. The van der Waals surface area contributed by atoms with E-state index >= 15 is 0 Å². The standard InChI is InChI=1S/C21H30N2O7/c1-21(2)29-14-18(30-21)13-28-19(25)8-5-15-3-6-17(7-4-15)27-12-16(24)11-23-10-9-22-20(23)26/h3-4,6-7,16,18,24H,5,8-14H2,1-2H3,(H,22,26). The van der Waals surface area contributed by atoms with E-state index in [9.17, 15) is 14.7 Å². The molecule has 3 rings (SSSR count). The monoisotopic (exact) mass is 422 g/mol. The molecule has 30 heavy (non-hydrogen) atoms. The van der Waals surface area contributed by atoms with Crippen molar-refractivity contribution in [2.24, 2.45) is 0 Å². The number of aliphatic hydroxyl groups is 1. The van der Waals surface area contributed by atoms with Gasteiger partial charge in [0, 0.05) is 19.5 Å². The van der Waals surface area contributed by atoms with E-state index in [0.717, 1.165) is 5.56 Å². The average molecular weight is 422 g/mol. The van der Waals surface area contributed by atoms with Gasteiger partial charge in [-0.1, -0.05) is 12.1 Å². The molecule has 1 aromatic carbocycles. The molecule has 9 nitrogen and oxygen atoms in total. The molecule has 0 aliphatic carbocycles. The third kappa shape index (κ3) is 6.86. The molecule has 2 unspecified atom stereocenters. The number of rotatable bonds is 10. The van der Waals surface area contributed by atoms with Crippen LogP contribution in [0.1, 0.15) is 25.8 Å². The van der Waals surface area contributed by atoms with Crippen molar-refractivity contribution >= 4 is 12.0 Å². The van der Waals surface area contributed by atoms with Crippen molar-refractivity contribution in [3.05, 3.63) is 29.8 Å². The minimum Gasteiger partial charge on any atom is -0.491 e. The van der Waals surface area contributed by atoms with Gasteiger partial charge >= 0.3 is 12.0 Å². The summed E-state index contributed by atoms with van der Waals surface area (Å²) in [5.74, 6) is -0.287. The minimum atomic E-state index is -0.761. The number of carbonyl (C=O) groups is 2. The van der Waals surface area contributed by atoms with Gasteiger partial charge in [-0.25, -0.2) is 4.79 Å². The zero-order chi connectivity index (χ0) is 21.6. The fraction of sp³-hybridized carbons (Fsp3) is 0.619. The van der Waals surface area contributed by atoms with Gasteiger partial charge in [-0.15, -0.1) is 0 Å². The maximum absolute atomic E-state index is 11.9. The van der Waals surface area contributed by atoms with Crippen LogP contribution in [0.15, 0.2) is 24.3 Å². The summed E-state index contributed by atoms with van der Waals surface area (Å²) >= 11 is 0. The molecule has 2 atom stereocenters. The summed E-state index contributed by atoms with van der Waals surface area (Å²) in [6, 6.07) is 7.17. The average Bonchev–Trinajstić information content (AvgIpc) is 3.28. The van der Waals surface area contributed by atoms with Crippen molar-refractivity contribution in [2.75, 3.05) is 39.5 Å². The topological polar surface area (TPSA) is 107 Å². The third-order valence-corrected chi connectivity index (χ3v) is 4.86. The predicted octanol–water partition coefficient (Wildman–Crippen LogP) is 1.08. The molecule has 1 aromatic rings. The summed E-state index contributed by atoms with van der Waals surface area (Å²) in [6.45, 7) is 5.79. The molecule has 0 bridgehead atoms. The zero-order valence-corrected chi connectivity index (χ0v) is 17.5. The van der Waals surface area contributed by atoms with E-state index in [1.165, 1.54) is 0 Å². The number of hydrogen-bond donors (Lipinski definition) is 2. The Kier molecular flexibility index (Phi) is 7.52. The molecule has 0 radical (unpaired) electrons. The highest BCUT2D eigenvalue weighted by Gasteiger charge is 2.33. The summed E-state index contributed by atoms with van der Waals surface area (Å²) in [5, 5.41) is 12.7. The molecule has 2 fully saturated rings. The van der Waals surface area contributed by atoms with Gasteiger partial charge < -0.3 is 34.3 Å². The van der Waals surface area contributed by atoms with Gasteiger partial charge in [0.25, 0.3) is 0 Å². The van der Waals surface area contributed by atoms with Crippen molar-refractivity contribution in [2.45, 2.75) is 44.7 Å². The molecule has 0 aromatic heterocycles. The van der Waals surface area contributed by atoms with E-state index in [-0.39, 0.29) is 44.3 Å². The first-order chi connectivity index (χ1) is 14.3. The SMILES string of the molecule is CC1(C)OCC(COC(=O)CCc2ccc(OCC(O)CN3CCNC3=O)cc2)O1. The molecule has 2 aliphatic heterocycles. The van der Waals surface area contributed by atoms with E-state index in [1.807, 2.05) is 26.0 Å². The smallest absolute Gasteiger partial charge is 0.317 e. The number of β-amino-alcohol motifs (C(OH)–C–C–N with tert-alkyl or cyclic N) is 1. The third-order valence-electron chi connectivity index (χ3n) is 4.86. The quantitative estimate of drug-likeness (QED) is 0.544. The van der Waals surface area contributed by atoms with E-state index in [1.54, 1.807) is 17.0 Å². The molecule has 0 saturated carbocycles. The first-order valence-corrected chi connectivity index (χ1v) is 10.2. The number of urea groups is 1. The van der Waals surface area contributed by atoms with Gasteiger partial charge in [-0.05, 0) is 38.0 Å². The fourth-order valence-corrected chi connectivity index (χ4v) is 3.29. The highest BCUT2D eigenvalue weighted by Crippen LogP contribution is 2.22. The Morgan fingerprint density at radius 2 is 2.13 bits per heavy atom. The second-order valence-electron chi connectivity index (χ2n) is 7.92. The van der Waals surface area contributed by atoms with Crippen molar-refractivity contribution in [3.63, 3.8) is 0 Å². The van der Waals surface area contributed by atoms with Gasteiger partial charge in [-0.2, -0.15) is 0 Å². The summed E-state index contributed by atoms with van der Waals surface area (Å²) in [5.41, 5.74) is 0.982. The second-order valence-corrected chi connectivity index (χ2v) is 7.92. The van der Waals surface area contributed by atoms with Gasteiger partial charge in [0.15, 0.2) is 5.79 Å². The van der Waals surface area contributed by atoms with Gasteiger partial charge in [0.1, 0.15) is 31.2 Å². The van der Waals surface area contributed by atoms with E-state index in [4.69, 9.17) is 18.9 Å². The predicted molar refractivity (Wildman–Crippen MR) is 107 cm³/mol.